The second kappa shape index (κ2) is 7.23. The van der Waals surface area contributed by atoms with Crippen molar-refractivity contribution in [1.29, 1.82) is 0 Å². The molecule has 0 saturated carbocycles. The molecular formula is C12H22N2O2S2. The number of hydrogen-bond acceptors (Lipinski definition) is 4. The minimum absolute atomic E-state index is 0.437. The van der Waals surface area contributed by atoms with Gasteiger partial charge in [-0.05, 0) is 31.5 Å². The van der Waals surface area contributed by atoms with Crippen molar-refractivity contribution in [3.05, 3.63) is 17.0 Å². The lowest BCUT2D eigenvalue weighted by Crippen LogP contribution is -2.26. The monoisotopic (exact) mass is 290 g/mol. The van der Waals surface area contributed by atoms with Crippen LogP contribution in [0, 0.1) is 0 Å². The minimum Gasteiger partial charge on any atom is -0.312 e. The number of nitrogens with zero attached hydrogens (tertiary/aromatic N) is 1. The van der Waals surface area contributed by atoms with E-state index in [1.54, 1.807) is 13.1 Å². The fourth-order valence-corrected chi connectivity index (χ4v) is 4.37. The molecule has 1 rings (SSSR count). The highest BCUT2D eigenvalue weighted by atomic mass is 32.2. The van der Waals surface area contributed by atoms with Gasteiger partial charge in [0.25, 0.3) is 10.0 Å². The van der Waals surface area contributed by atoms with Crippen LogP contribution in [0.25, 0.3) is 0 Å². The first-order valence-electron chi connectivity index (χ1n) is 6.28. The first-order chi connectivity index (χ1) is 8.52. The summed E-state index contributed by atoms with van der Waals surface area (Å²) in [5.74, 6) is 0. The molecule has 6 heteroatoms. The van der Waals surface area contributed by atoms with Crippen LogP contribution in [0.1, 0.15) is 31.6 Å². The van der Waals surface area contributed by atoms with E-state index in [1.165, 1.54) is 15.6 Å². The zero-order valence-electron chi connectivity index (χ0n) is 11.3. The highest BCUT2D eigenvalue weighted by Gasteiger charge is 2.21. The van der Waals surface area contributed by atoms with Gasteiger partial charge in [0.2, 0.25) is 0 Å². The van der Waals surface area contributed by atoms with E-state index in [2.05, 4.69) is 12.2 Å². The maximum Gasteiger partial charge on any atom is 0.252 e. The van der Waals surface area contributed by atoms with Crippen LogP contribution in [0.5, 0.6) is 0 Å². The fourth-order valence-electron chi connectivity index (χ4n) is 1.57. The van der Waals surface area contributed by atoms with Gasteiger partial charge in [-0.2, -0.15) is 0 Å². The Morgan fingerprint density at radius 1 is 1.28 bits per heavy atom. The molecule has 0 amide bonds. The highest BCUT2D eigenvalue weighted by molar-refractivity contribution is 7.91. The first-order valence-corrected chi connectivity index (χ1v) is 8.53. The van der Waals surface area contributed by atoms with Gasteiger partial charge in [0.1, 0.15) is 4.21 Å². The van der Waals surface area contributed by atoms with Gasteiger partial charge in [0.05, 0.1) is 0 Å². The van der Waals surface area contributed by atoms with Crippen molar-refractivity contribution in [2.75, 3.05) is 20.1 Å². The lowest BCUT2D eigenvalue weighted by molar-refractivity contribution is 0.470. The number of rotatable bonds is 8. The molecule has 1 heterocycles. The summed E-state index contributed by atoms with van der Waals surface area (Å²) in [6, 6.07) is 3.59. The van der Waals surface area contributed by atoms with Gasteiger partial charge in [0.15, 0.2) is 0 Å². The molecule has 0 aromatic carbocycles. The molecule has 1 aromatic rings. The quantitative estimate of drug-likeness (QED) is 0.747. The third-order valence-corrected chi connectivity index (χ3v) is 5.98. The molecule has 0 spiro atoms. The van der Waals surface area contributed by atoms with Crippen LogP contribution in [0.4, 0.5) is 0 Å². The predicted octanol–water partition coefficient (Wildman–Crippen LogP) is 2.28. The van der Waals surface area contributed by atoms with Gasteiger partial charge in [-0.1, -0.05) is 13.8 Å². The van der Waals surface area contributed by atoms with Crippen molar-refractivity contribution >= 4 is 21.4 Å². The van der Waals surface area contributed by atoms with E-state index in [4.69, 9.17) is 0 Å². The summed E-state index contributed by atoms with van der Waals surface area (Å²) in [6.45, 7) is 6.34. The summed E-state index contributed by atoms with van der Waals surface area (Å²) in [4.78, 5) is 1.06. The maximum absolute atomic E-state index is 12.2. The third kappa shape index (κ3) is 4.05. The Morgan fingerprint density at radius 2 is 2.00 bits per heavy atom. The van der Waals surface area contributed by atoms with Crippen LogP contribution < -0.4 is 5.32 Å². The van der Waals surface area contributed by atoms with Gasteiger partial charge in [0, 0.05) is 25.0 Å². The molecule has 104 valence electrons. The topological polar surface area (TPSA) is 49.4 Å². The van der Waals surface area contributed by atoms with Gasteiger partial charge in [-0.15, -0.1) is 11.3 Å². The molecular weight excluding hydrogens is 268 g/mol. The molecule has 0 bridgehead atoms. The van der Waals surface area contributed by atoms with Crippen LogP contribution in [0.2, 0.25) is 0 Å². The highest BCUT2D eigenvalue weighted by Crippen LogP contribution is 2.24. The molecule has 1 aromatic heterocycles. The number of thiophene rings is 1. The molecule has 0 saturated heterocycles. The average Bonchev–Trinajstić information content (AvgIpc) is 2.79. The van der Waals surface area contributed by atoms with Crippen LogP contribution in [0.3, 0.4) is 0 Å². The first kappa shape index (κ1) is 15.6. The minimum atomic E-state index is -3.29. The third-order valence-electron chi connectivity index (χ3n) is 2.57. The van der Waals surface area contributed by atoms with Crippen molar-refractivity contribution < 1.29 is 8.42 Å². The molecule has 0 aliphatic rings. The maximum atomic E-state index is 12.2. The second-order valence-electron chi connectivity index (χ2n) is 4.22. The van der Waals surface area contributed by atoms with Gasteiger partial charge >= 0.3 is 0 Å². The second-order valence-corrected chi connectivity index (χ2v) is 7.66. The molecule has 0 unspecified atom stereocenters. The van der Waals surface area contributed by atoms with Crippen LogP contribution in [-0.4, -0.2) is 32.9 Å². The SMILES string of the molecule is CCCNCc1ccc(S(=O)(=O)N(C)CCC)s1. The molecule has 0 aliphatic heterocycles. The smallest absolute Gasteiger partial charge is 0.252 e. The molecule has 0 fully saturated rings. The Morgan fingerprint density at radius 3 is 2.61 bits per heavy atom. The largest absolute Gasteiger partial charge is 0.312 e. The van der Waals surface area contributed by atoms with Crippen molar-refractivity contribution in [1.82, 2.24) is 9.62 Å². The number of sulfonamides is 1. The Kier molecular flexibility index (Phi) is 6.28. The molecule has 0 aliphatic carbocycles. The van der Waals surface area contributed by atoms with E-state index < -0.39 is 10.0 Å². The molecule has 1 N–H and O–H groups in total. The standard InChI is InChI=1S/C12H22N2O2S2/c1-4-8-13-10-11-6-7-12(17-11)18(15,16)14(3)9-5-2/h6-7,13H,4-5,8-10H2,1-3H3. The summed E-state index contributed by atoms with van der Waals surface area (Å²) >= 11 is 1.35. The summed E-state index contributed by atoms with van der Waals surface area (Å²) in [7, 11) is -1.65. The Balaban J connectivity index is 2.72. The van der Waals surface area contributed by atoms with E-state index in [9.17, 15) is 8.42 Å². The molecule has 4 nitrogen and oxygen atoms in total. The van der Waals surface area contributed by atoms with Crippen molar-refractivity contribution in [3.8, 4) is 0 Å². The number of nitrogens with one attached hydrogen (secondary N) is 1. The lowest BCUT2D eigenvalue weighted by atomic mass is 10.4. The molecule has 0 radical (unpaired) electrons. The van der Waals surface area contributed by atoms with Gasteiger partial charge < -0.3 is 5.32 Å². The van der Waals surface area contributed by atoms with Gasteiger partial charge in [-0.3, -0.25) is 0 Å². The predicted molar refractivity (Wildman–Crippen MR) is 76.4 cm³/mol. The lowest BCUT2D eigenvalue weighted by Gasteiger charge is -2.14. The summed E-state index contributed by atoms with van der Waals surface area (Å²) < 4.78 is 26.2. The summed E-state index contributed by atoms with van der Waals surface area (Å²) in [5.41, 5.74) is 0. The molecule has 18 heavy (non-hydrogen) atoms. The van der Waals surface area contributed by atoms with Crippen LogP contribution in [-0.2, 0) is 16.6 Å². The average molecular weight is 290 g/mol. The summed E-state index contributed by atoms with van der Waals surface area (Å²) in [6.07, 6.45) is 1.90. The van der Waals surface area contributed by atoms with Gasteiger partial charge in [-0.25, -0.2) is 12.7 Å². The fraction of sp³-hybridized carbons (Fsp3) is 0.667. The normalized spacial score (nSPS) is 12.2. The number of hydrogen-bond donors (Lipinski definition) is 1. The van der Waals surface area contributed by atoms with Crippen LogP contribution in [0.15, 0.2) is 16.3 Å². The zero-order valence-corrected chi connectivity index (χ0v) is 12.9. The van der Waals surface area contributed by atoms with Crippen molar-refractivity contribution in [2.45, 2.75) is 37.4 Å². The van der Waals surface area contributed by atoms with E-state index >= 15 is 0 Å². The van der Waals surface area contributed by atoms with E-state index in [0.29, 0.717) is 10.8 Å². The van der Waals surface area contributed by atoms with Crippen LogP contribution >= 0.6 is 11.3 Å². The molecule has 0 atom stereocenters. The zero-order chi connectivity index (χ0) is 13.6. The van der Waals surface area contributed by atoms with Crippen molar-refractivity contribution in [2.24, 2.45) is 0 Å². The van der Waals surface area contributed by atoms with Crippen molar-refractivity contribution in [3.63, 3.8) is 0 Å². The Hall–Kier alpha value is -0.430. The Bertz CT molecular complexity index is 454. The van der Waals surface area contributed by atoms with E-state index in [0.717, 1.165) is 30.8 Å². The van der Waals surface area contributed by atoms with E-state index in [1.807, 2.05) is 13.0 Å². The Labute approximate surface area is 114 Å². The van der Waals surface area contributed by atoms with E-state index in [-0.39, 0.29) is 0 Å². The summed E-state index contributed by atoms with van der Waals surface area (Å²) in [5, 5.41) is 3.27.